The van der Waals surface area contributed by atoms with E-state index in [1.54, 1.807) is 4.68 Å². The second-order valence-electron chi connectivity index (χ2n) is 5.08. The Hall–Kier alpha value is -1.40. The molecule has 0 amide bonds. The molecule has 1 fully saturated rings. The molecule has 0 bridgehead atoms. The zero-order valence-electron chi connectivity index (χ0n) is 11.1. The van der Waals surface area contributed by atoms with Crippen LogP contribution in [0.1, 0.15) is 37.2 Å². The van der Waals surface area contributed by atoms with E-state index in [0.717, 1.165) is 37.1 Å². The summed E-state index contributed by atoms with van der Waals surface area (Å²) in [5.41, 5.74) is 7.65. The molecule has 0 saturated heterocycles. The van der Waals surface area contributed by atoms with Gasteiger partial charge in [0.25, 0.3) is 5.89 Å². The molecule has 0 aromatic carbocycles. The number of nitrogens with two attached hydrogens (primary N) is 1. The smallest absolute Gasteiger partial charge is 0.276 e. The fourth-order valence-corrected chi connectivity index (χ4v) is 2.57. The Bertz CT molecular complexity index is 570. The van der Waals surface area contributed by atoms with Gasteiger partial charge in [0.2, 0.25) is 0 Å². The van der Waals surface area contributed by atoms with Gasteiger partial charge in [0.05, 0.1) is 11.2 Å². The van der Waals surface area contributed by atoms with E-state index in [4.69, 9.17) is 10.3 Å². The summed E-state index contributed by atoms with van der Waals surface area (Å²) in [6.45, 7) is 1.93. The number of aryl methyl sites for hydroxylation is 2. The van der Waals surface area contributed by atoms with Crippen molar-refractivity contribution in [2.45, 2.75) is 38.1 Å². The highest BCUT2D eigenvalue weighted by Gasteiger charge is 2.36. The largest absolute Gasteiger partial charge is 0.332 e. The molecule has 19 heavy (non-hydrogen) atoms. The Balaban J connectivity index is 0.00000133. The van der Waals surface area contributed by atoms with Crippen molar-refractivity contribution in [3.05, 3.63) is 17.6 Å². The number of hydrogen-bond donors (Lipinski definition) is 1. The predicted molar refractivity (Wildman–Crippen MR) is 72.8 cm³/mol. The van der Waals surface area contributed by atoms with Crippen LogP contribution in [-0.2, 0) is 12.6 Å². The molecule has 2 N–H and O–H groups in total. The lowest BCUT2D eigenvalue weighted by Crippen LogP contribution is -2.34. The number of halogens is 1. The Kier molecular flexibility index (Phi) is 3.64. The van der Waals surface area contributed by atoms with Gasteiger partial charge in [0.15, 0.2) is 5.82 Å². The van der Waals surface area contributed by atoms with Gasteiger partial charge in [-0.25, -0.2) is 0 Å². The van der Waals surface area contributed by atoms with E-state index in [-0.39, 0.29) is 12.4 Å². The van der Waals surface area contributed by atoms with Crippen molar-refractivity contribution >= 4 is 12.4 Å². The molecule has 2 aromatic rings. The number of hydrogen-bond acceptors (Lipinski definition) is 5. The molecule has 1 aliphatic carbocycles. The zero-order valence-corrected chi connectivity index (χ0v) is 11.9. The van der Waals surface area contributed by atoms with Crippen molar-refractivity contribution in [1.29, 1.82) is 0 Å². The molecule has 6 nitrogen and oxygen atoms in total. The van der Waals surface area contributed by atoms with E-state index in [9.17, 15) is 0 Å². The third-order valence-electron chi connectivity index (χ3n) is 3.59. The average Bonchev–Trinajstić information content (AvgIpc) is 2.99. The van der Waals surface area contributed by atoms with E-state index in [2.05, 4.69) is 15.2 Å². The number of rotatable bonds is 2. The highest BCUT2D eigenvalue weighted by Crippen LogP contribution is 2.35. The lowest BCUT2D eigenvalue weighted by atomic mass is 9.99. The standard InChI is InChI=1S/C12H17N5O.ClH/c1-8-7-9(17(2)15-8)10-14-11(16-18-10)12(13)5-3-4-6-12;/h7H,3-6,13H2,1-2H3;1H. The van der Waals surface area contributed by atoms with Crippen LogP contribution >= 0.6 is 12.4 Å². The van der Waals surface area contributed by atoms with Crippen LogP contribution in [0.3, 0.4) is 0 Å². The second kappa shape index (κ2) is 4.94. The molecular weight excluding hydrogens is 266 g/mol. The summed E-state index contributed by atoms with van der Waals surface area (Å²) in [4.78, 5) is 4.44. The van der Waals surface area contributed by atoms with Crippen molar-refractivity contribution < 1.29 is 4.52 Å². The lowest BCUT2D eigenvalue weighted by molar-refractivity contribution is 0.371. The monoisotopic (exact) mass is 283 g/mol. The Labute approximate surface area is 117 Å². The van der Waals surface area contributed by atoms with Crippen LogP contribution in [0.15, 0.2) is 10.6 Å². The molecule has 1 saturated carbocycles. The van der Waals surface area contributed by atoms with Crippen molar-refractivity contribution in [2.75, 3.05) is 0 Å². The second-order valence-corrected chi connectivity index (χ2v) is 5.08. The van der Waals surface area contributed by atoms with E-state index < -0.39 is 5.54 Å². The van der Waals surface area contributed by atoms with Crippen LogP contribution in [0.2, 0.25) is 0 Å². The van der Waals surface area contributed by atoms with Gasteiger partial charge < -0.3 is 10.3 Å². The maximum absolute atomic E-state index is 6.31. The summed E-state index contributed by atoms with van der Waals surface area (Å²) in [5.74, 6) is 1.11. The molecule has 2 heterocycles. The van der Waals surface area contributed by atoms with Gasteiger partial charge in [0, 0.05) is 7.05 Å². The third-order valence-corrected chi connectivity index (χ3v) is 3.59. The minimum Gasteiger partial charge on any atom is -0.332 e. The van der Waals surface area contributed by atoms with Gasteiger partial charge in [-0.2, -0.15) is 10.1 Å². The van der Waals surface area contributed by atoms with E-state index in [1.165, 1.54) is 0 Å². The van der Waals surface area contributed by atoms with Crippen LogP contribution in [-0.4, -0.2) is 19.9 Å². The Morgan fingerprint density at radius 3 is 2.63 bits per heavy atom. The molecule has 0 radical (unpaired) electrons. The SMILES string of the molecule is Cc1cc(-c2nc(C3(N)CCCC3)no2)n(C)n1.Cl. The Morgan fingerprint density at radius 2 is 2.05 bits per heavy atom. The fraction of sp³-hybridized carbons (Fsp3) is 0.583. The van der Waals surface area contributed by atoms with Gasteiger partial charge in [0.1, 0.15) is 5.69 Å². The van der Waals surface area contributed by atoms with Gasteiger partial charge in [-0.15, -0.1) is 12.4 Å². The number of nitrogens with zero attached hydrogens (tertiary/aromatic N) is 4. The summed E-state index contributed by atoms with van der Waals surface area (Å²) in [5, 5.41) is 8.31. The first-order valence-electron chi connectivity index (χ1n) is 6.23. The highest BCUT2D eigenvalue weighted by atomic mass is 35.5. The van der Waals surface area contributed by atoms with Crippen LogP contribution in [0.25, 0.3) is 11.6 Å². The highest BCUT2D eigenvalue weighted by molar-refractivity contribution is 5.85. The first kappa shape index (κ1) is 14.0. The molecule has 0 spiro atoms. The van der Waals surface area contributed by atoms with Crippen molar-refractivity contribution in [1.82, 2.24) is 19.9 Å². The summed E-state index contributed by atoms with van der Waals surface area (Å²) in [7, 11) is 1.86. The molecular formula is C12H18ClN5O. The minimum atomic E-state index is -0.407. The van der Waals surface area contributed by atoms with Crippen LogP contribution in [0, 0.1) is 6.92 Å². The fourth-order valence-electron chi connectivity index (χ4n) is 2.57. The summed E-state index contributed by atoms with van der Waals surface area (Å²) < 4.78 is 7.06. The van der Waals surface area contributed by atoms with Crippen LogP contribution in [0.5, 0.6) is 0 Å². The van der Waals surface area contributed by atoms with E-state index in [0.29, 0.717) is 11.7 Å². The first-order valence-corrected chi connectivity index (χ1v) is 6.23. The molecule has 3 rings (SSSR count). The topological polar surface area (TPSA) is 82.8 Å². The van der Waals surface area contributed by atoms with Crippen molar-refractivity contribution in [2.24, 2.45) is 12.8 Å². The van der Waals surface area contributed by atoms with Crippen LogP contribution < -0.4 is 5.73 Å². The third kappa shape index (κ3) is 2.37. The number of aromatic nitrogens is 4. The zero-order chi connectivity index (χ0) is 12.8. The first-order chi connectivity index (χ1) is 8.58. The molecule has 2 aromatic heterocycles. The summed E-state index contributed by atoms with van der Waals surface area (Å²) in [6, 6.07) is 1.93. The van der Waals surface area contributed by atoms with E-state index >= 15 is 0 Å². The summed E-state index contributed by atoms with van der Waals surface area (Å²) >= 11 is 0. The quantitative estimate of drug-likeness (QED) is 0.910. The minimum absolute atomic E-state index is 0. The van der Waals surface area contributed by atoms with Crippen molar-refractivity contribution in [3.8, 4) is 11.6 Å². The van der Waals surface area contributed by atoms with Crippen molar-refractivity contribution in [3.63, 3.8) is 0 Å². The van der Waals surface area contributed by atoms with Gasteiger partial charge >= 0.3 is 0 Å². The molecule has 1 aliphatic rings. The van der Waals surface area contributed by atoms with Crippen LogP contribution in [0.4, 0.5) is 0 Å². The summed E-state index contributed by atoms with van der Waals surface area (Å²) in [6.07, 6.45) is 4.11. The maximum atomic E-state index is 6.31. The molecule has 104 valence electrons. The molecule has 0 aliphatic heterocycles. The van der Waals surface area contributed by atoms with Gasteiger partial charge in [-0.1, -0.05) is 18.0 Å². The van der Waals surface area contributed by atoms with E-state index in [1.807, 2.05) is 20.0 Å². The molecule has 0 unspecified atom stereocenters. The Morgan fingerprint density at radius 1 is 1.37 bits per heavy atom. The average molecular weight is 284 g/mol. The molecule has 7 heteroatoms. The van der Waals surface area contributed by atoms with Gasteiger partial charge in [-0.3, -0.25) is 4.68 Å². The lowest BCUT2D eigenvalue weighted by Gasteiger charge is -2.17. The normalized spacial score (nSPS) is 17.4. The van der Waals surface area contributed by atoms with Gasteiger partial charge in [-0.05, 0) is 25.8 Å². The molecule has 0 atom stereocenters. The predicted octanol–water partition coefficient (Wildman–Crippen LogP) is 1.93. The maximum Gasteiger partial charge on any atom is 0.276 e.